The van der Waals surface area contributed by atoms with Crippen molar-refractivity contribution in [3.8, 4) is 0 Å². The van der Waals surface area contributed by atoms with Crippen molar-refractivity contribution in [2.45, 2.75) is 32.9 Å². The van der Waals surface area contributed by atoms with Gasteiger partial charge in [-0.15, -0.1) is 11.3 Å². The van der Waals surface area contributed by atoms with Crippen molar-refractivity contribution in [1.82, 2.24) is 24.7 Å². The van der Waals surface area contributed by atoms with Gasteiger partial charge in [0.2, 0.25) is 0 Å². The van der Waals surface area contributed by atoms with E-state index in [9.17, 15) is 0 Å². The standard InChI is InChI=1S/C20H31ClN6S/c1-15-24-18(14-28-15)12-27-7-5-16(6-8-27)10-23-20(22-2)26(4)13-19-9-17(21)11-25(19)3/h9,11,14,16H,5-8,10,12-13H2,1-4H3,(H,22,23). The highest BCUT2D eigenvalue weighted by Gasteiger charge is 2.20. The number of nitrogens with one attached hydrogen (secondary N) is 1. The summed E-state index contributed by atoms with van der Waals surface area (Å²) in [6.45, 7) is 7.07. The van der Waals surface area contributed by atoms with Crippen LogP contribution in [0.4, 0.5) is 0 Å². The van der Waals surface area contributed by atoms with Gasteiger partial charge in [0.1, 0.15) is 0 Å². The van der Waals surface area contributed by atoms with Crippen molar-refractivity contribution in [3.63, 3.8) is 0 Å². The number of likely N-dealkylation sites (tertiary alicyclic amines) is 1. The van der Waals surface area contributed by atoms with Crippen molar-refractivity contribution in [2.75, 3.05) is 33.7 Å². The molecule has 0 aliphatic carbocycles. The predicted octanol–water partition coefficient (Wildman–Crippen LogP) is 3.36. The molecule has 0 spiro atoms. The van der Waals surface area contributed by atoms with Crippen LogP contribution in [-0.2, 0) is 20.1 Å². The van der Waals surface area contributed by atoms with Crippen LogP contribution in [0.25, 0.3) is 0 Å². The van der Waals surface area contributed by atoms with Crippen LogP contribution in [0.1, 0.15) is 29.2 Å². The first-order chi connectivity index (χ1) is 13.4. The van der Waals surface area contributed by atoms with E-state index < -0.39 is 0 Å². The molecule has 28 heavy (non-hydrogen) atoms. The van der Waals surface area contributed by atoms with Crippen LogP contribution >= 0.6 is 22.9 Å². The fraction of sp³-hybridized carbons (Fsp3) is 0.600. The number of nitrogens with zero attached hydrogens (tertiary/aromatic N) is 5. The minimum Gasteiger partial charge on any atom is -0.356 e. The Hall–Kier alpha value is -1.57. The molecule has 2 aromatic rings. The number of aromatic nitrogens is 2. The lowest BCUT2D eigenvalue weighted by Gasteiger charge is -2.32. The van der Waals surface area contributed by atoms with Gasteiger partial charge in [0.15, 0.2) is 5.96 Å². The molecule has 1 N–H and O–H groups in total. The van der Waals surface area contributed by atoms with E-state index in [0.717, 1.165) is 48.7 Å². The Morgan fingerprint density at radius 2 is 2.18 bits per heavy atom. The summed E-state index contributed by atoms with van der Waals surface area (Å²) in [5, 5.41) is 7.67. The lowest BCUT2D eigenvalue weighted by atomic mass is 9.97. The molecule has 0 bridgehead atoms. The lowest BCUT2D eigenvalue weighted by molar-refractivity contribution is 0.176. The van der Waals surface area contributed by atoms with Crippen LogP contribution < -0.4 is 5.32 Å². The van der Waals surface area contributed by atoms with E-state index in [1.54, 1.807) is 11.3 Å². The molecular formula is C20H31ClN6S. The number of aliphatic imine (C=N–C) groups is 1. The van der Waals surface area contributed by atoms with E-state index in [1.165, 1.54) is 24.2 Å². The molecule has 0 atom stereocenters. The Labute approximate surface area is 177 Å². The van der Waals surface area contributed by atoms with Crippen molar-refractivity contribution >= 4 is 28.9 Å². The zero-order chi connectivity index (χ0) is 20.1. The normalized spacial score (nSPS) is 16.5. The third-order valence-electron chi connectivity index (χ3n) is 5.36. The molecule has 1 saturated heterocycles. The first-order valence-electron chi connectivity index (χ1n) is 9.80. The van der Waals surface area contributed by atoms with Crippen LogP contribution in [0.15, 0.2) is 22.6 Å². The highest BCUT2D eigenvalue weighted by Crippen LogP contribution is 2.19. The molecule has 0 amide bonds. The summed E-state index contributed by atoms with van der Waals surface area (Å²) in [7, 11) is 5.93. The van der Waals surface area contributed by atoms with Crippen LogP contribution in [0.2, 0.25) is 5.02 Å². The third kappa shape index (κ3) is 5.72. The summed E-state index contributed by atoms with van der Waals surface area (Å²) in [5.41, 5.74) is 2.38. The summed E-state index contributed by atoms with van der Waals surface area (Å²) in [6.07, 6.45) is 4.36. The first-order valence-corrected chi connectivity index (χ1v) is 11.1. The molecule has 3 heterocycles. The first kappa shape index (κ1) is 21.1. The number of thiazole rings is 1. The molecule has 0 saturated carbocycles. The average molecular weight is 423 g/mol. The quantitative estimate of drug-likeness (QED) is 0.572. The van der Waals surface area contributed by atoms with E-state index >= 15 is 0 Å². The molecule has 154 valence electrons. The van der Waals surface area contributed by atoms with E-state index in [-0.39, 0.29) is 0 Å². The number of hydrogen-bond acceptors (Lipinski definition) is 4. The summed E-state index contributed by atoms with van der Waals surface area (Å²) < 4.78 is 2.06. The van der Waals surface area contributed by atoms with Crippen molar-refractivity contribution in [3.05, 3.63) is 39.1 Å². The lowest BCUT2D eigenvalue weighted by Crippen LogP contribution is -2.43. The minimum atomic E-state index is 0.683. The maximum absolute atomic E-state index is 6.10. The minimum absolute atomic E-state index is 0.683. The van der Waals surface area contributed by atoms with Gasteiger partial charge >= 0.3 is 0 Å². The van der Waals surface area contributed by atoms with Gasteiger partial charge in [-0.25, -0.2) is 4.98 Å². The van der Waals surface area contributed by atoms with E-state index in [4.69, 9.17) is 11.6 Å². The number of hydrogen-bond donors (Lipinski definition) is 1. The number of aryl methyl sites for hydroxylation is 2. The molecule has 0 aromatic carbocycles. The molecule has 1 aliphatic heterocycles. The Morgan fingerprint density at radius 1 is 1.43 bits per heavy atom. The van der Waals surface area contributed by atoms with Gasteiger partial charge in [0.05, 0.1) is 22.3 Å². The molecule has 1 fully saturated rings. The van der Waals surface area contributed by atoms with Crippen LogP contribution in [0.3, 0.4) is 0 Å². The van der Waals surface area contributed by atoms with E-state index in [2.05, 4.69) is 49.0 Å². The molecule has 6 nitrogen and oxygen atoms in total. The molecule has 1 aliphatic rings. The van der Waals surface area contributed by atoms with Crippen LogP contribution in [-0.4, -0.2) is 59.0 Å². The molecule has 2 aromatic heterocycles. The third-order valence-corrected chi connectivity index (χ3v) is 6.38. The van der Waals surface area contributed by atoms with Gasteiger partial charge in [-0.3, -0.25) is 9.89 Å². The largest absolute Gasteiger partial charge is 0.356 e. The average Bonchev–Trinajstić information content (AvgIpc) is 3.21. The maximum atomic E-state index is 6.10. The fourth-order valence-electron chi connectivity index (χ4n) is 3.72. The van der Waals surface area contributed by atoms with Gasteiger partial charge in [-0.1, -0.05) is 11.6 Å². The SMILES string of the molecule is CN=C(NCC1CCN(Cc2csc(C)n2)CC1)N(C)Cc1cc(Cl)cn1C. The Morgan fingerprint density at radius 3 is 2.75 bits per heavy atom. The van der Waals surface area contributed by atoms with Crippen LogP contribution in [0.5, 0.6) is 0 Å². The molecular weight excluding hydrogens is 392 g/mol. The Balaban J connectivity index is 1.42. The molecule has 8 heteroatoms. The van der Waals surface area contributed by atoms with Crippen molar-refractivity contribution < 1.29 is 0 Å². The Kier molecular flexibility index (Phi) is 7.37. The van der Waals surface area contributed by atoms with Gasteiger partial charge in [0, 0.05) is 51.5 Å². The highest BCUT2D eigenvalue weighted by atomic mass is 35.5. The summed E-state index contributed by atoms with van der Waals surface area (Å²) in [6, 6.07) is 2.00. The van der Waals surface area contributed by atoms with Crippen LogP contribution in [0, 0.1) is 12.8 Å². The maximum Gasteiger partial charge on any atom is 0.193 e. The predicted molar refractivity (Wildman–Crippen MR) is 118 cm³/mol. The zero-order valence-corrected chi connectivity index (χ0v) is 18.9. The number of rotatable bonds is 6. The van der Waals surface area contributed by atoms with Gasteiger partial charge in [-0.2, -0.15) is 0 Å². The van der Waals surface area contributed by atoms with Gasteiger partial charge in [0.25, 0.3) is 0 Å². The Bertz CT molecular complexity index is 790. The summed E-state index contributed by atoms with van der Waals surface area (Å²) in [5.74, 6) is 1.61. The zero-order valence-electron chi connectivity index (χ0n) is 17.3. The highest BCUT2D eigenvalue weighted by molar-refractivity contribution is 7.09. The smallest absolute Gasteiger partial charge is 0.193 e. The second-order valence-corrected chi connectivity index (χ2v) is 9.12. The fourth-order valence-corrected chi connectivity index (χ4v) is 4.60. The van der Waals surface area contributed by atoms with Crippen molar-refractivity contribution in [2.24, 2.45) is 18.0 Å². The van der Waals surface area contributed by atoms with Gasteiger partial charge in [-0.05, 0) is 44.8 Å². The number of halogens is 1. The van der Waals surface area contributed by atoms with E-state index in [1.807, 2.05) is 26.4 Å². The summed E-state index contributed by atoms with van der Waals surface area (Å²) >= 11 is 7.83. The topological polar surface area (TPSA) is 48.7 Å². The molecule has 0 radical (unpaired) electrons. The second kappa shape index (κ2) is 9.76. The number of guanidine groups is 1. The second-order valence-electron chi connectivity index (χ2n) is 7.62. The molecule has 3 rings (SSSR count). The van der Waals surface area contributed by atoms with E-state index in [0.29, 0.717) is 5.92 Å². The monoisotopic (exact) mass is 422 g/mol. The van der Waals surface area contributed by atoms with Gasteiger partial charge < -0.3 is 14.8 Å². The number of piperidine rings is 1. The molecule has 0 unspecified atom stereocenters. The summed E-state index contributed by atoms with van der Waals surface area (Å²) in [4.78, 5) is 13.7. The van der Waals surface area contributed by atoms with Crippen molar-refractivity contribution in [1.29, 1.82) is 0 Å².